The van der Waals surface area contributed by atoms with Crippen LogP contribution in [0.4, 0.5) is 6.01 Å². The molecule has 1 aromatic carbocycles. The Morgan fingerprint density at radius 2 is 1.94 bits per heavy atom. The van der Waals surface area contributed by atoms with Crippen molar-refractivity contribution in [1.29, 1.82) is 0 Å². The maximum absolute atomic E-state index is 5.16. The van der Waals surface area contributed by atoms with Gasteiger partial charge < -0.3 is 4.52 Å². The first-order valence-corrected chi connectivity index (χ1v) is 5.04. The molecule has 0 aliphatic heterocycles. The first-order chi connectivity index (χ1) is 7.67. The number of nitrogens with one attached hydrogen (secondary N) is 1. The number of aryl methyl sites for hydroxylation is 2. The predicted molar refractivity (Wildman–Crippen MR) is 60.8 cm³/mol. The van der Waals surface area contributed by atoms with Crippen molar-refractivity contribution in [3.05, 3.63) is 40.7 Å². The van der Waals surface area contributed by atoms with E-state index in [-0.39, 0.29) is 6.01 Å². The van der Waals surface area contributed by atoms with Gasteiger partial charge in [0.1, 0.15) is 0 Å². The monoisotopic (exact) mass is 218 g/mol. The quantitative estimate of drug-likeness (QED) is 0.604. The number of nitrogens with zero attached hydrogens (tertiary/aromatic N) is 2. The molecular weight excluding hydrogens is 204 g/mol. The molecule has 0 aliphatic rings. The first-order valence-electron chi connectivity index (χ1n) is 5.04. The highest BCUT2D eigenvalue weighted by Crippen LogP contribution is 2.13. The minimum atomic E-state index is 0.236. The van der Waals surface area contributed by atoms with E-state index in [1.807, 2.05) is 0 Å². The summed E-state index contributed by atoms with van der Waals surface area (Å²) in [4.78, 5) is 4.07. The predicted octanol–water partition coefficient (Wildman–Crippen LogP) is 1.56. The third-order valence-corrected chi connectivity index (χ3v) is 2.24. The van der Waals surface area contributed by atoms with E-state index in [4.69, 9.17) is 10.4 Å². The Morgan fingerprint density at radius 1 is 1.25 bits per heavy atom. The van der Waals surface area contributed by atoms with Gasteiger partial charge in [0.15, 0.2) is 5.82 Å². The van der Waals surface area contributed by atoms with Gasteiger partial charge in [-0.2, -0.15) is 4.98 Å². The van der Waals surface area contributed by atoms with E-state index in [2.05, 4.69) is 47.6 Å². The molecule has 2 aromatic rings. The lowest BCUT2D eigenvalue weighted by Crippen LogP contribution is -2.06. The zero-order valence-corrected chi connectivity index (χ0v) is 9.32. The fraction of sp³-hybridized carbons (Fsp3) is 0.273. The molecule has 84 valence electrons. The molecule has 0 saturated carbocycles. The Balaban J connectivity index is 2.19. The second-order valence-electron chi connectivity index (χ2n) is 3.83. The Morgan fingerprint density at radius 3 is 2.50 bits per heavy atom. The molecule has 16 heavy (non-hydrogen) atoms. The van der Waals surface area contributed by atoms with Crippen LogP contribution in [0.2, 0.25) is 0 Å². The molecule has 0 atom stereocenters. The number of rotatable bonds is 3. The van der Waals surface area contributed by atoms with Gasteiger partial charge in [0.25, 0.3) is 0 Å². The molecule has 1 heterocycles. The summed E-state index contributed by atoms with van der Waals surface area (Å²) in [5.74, 6) is 5.78. The van der Waals surface area contributed by atoms with Crippen LogP contribution in [-0.2, 0) is 6.42 Å². The molecule has 0 unspecified atom stereocenters. The number of aromatic nitrogens is 2. The van der Waals surface area contributed by atoms with Crippen LogP contribution in [0.5, 0.6) is 0 Å². The number of hydrazine groups is 1. The lowest BCUT2D eigenvalue weighted by molar-refractivity contribution is 0.424. The van der Waals surface area contributed by atoms with Gasteiger partial charge in [-0.1, -0.05) is 34.5 Å². The number of hydrogen-bond donors (Lipinski definition) is 2. The van der Waals surface area contributed by atoms with Crippen LogP contribution in [0, 0.1) is 13.8 Å². The van der Waals surface area contributed by atoms with E-state index >= 15 is 0 Å². The molecule has 0 amide bonds. The van der Waals surface area contributed by atoms with Crippen molar-refractivity contribution in [2.75, 3.05) is 5.43 Å². The van der Waals surface area contributed by atoms with Crippen molar-refractivity contribution >= 4 is 6.01 Å². The van der Waals surface area contributed by atoms with Crippen molar-refractivity contribution in [3.63, 3.8) is 0 Å². The fourth-order valence-electron chi connectivity index (χ4n) is 1.74. The summed E-state index contributed by atoms with van der Waals surface area (Å²) in [5, 5.41) is 3.81. The van der Waals surface area contributed by atoms with E-state index in [0.717, 1.165) is 0 Å². The number of nitrogen functional groups attached to an aromatic ring is 1. The SMILES string of the molecule is Cc1cc(C)cc(Cc2noc(NN)n2)c1. The van der Waals surface area contributed by atoms with E-state index in [0.29, 0.717) is 12.2 Å². The molecule has 3 N–H and O–H groups in total. The zero-order chi connectivity index (χ0) is 11.5. The van der Waals surface area contributed by atoms with Crippen LogP contribution >= 0.6 is 0 Å². The van der Waals surface area contributed by atoms with Gasteiger partial charge in [0.2, 0.25) is 0 Å². The lowest BCUT2D eigenvalue weighted by atomic mass is 10.1. The van der Waals surface area contributed by atoms with E-state index in [1.165, 1.54) is 16.7 Å². The number of hydrogen-bond acceptors (Lipinski definition) is 5. The van der Waals surface area contributed by atoms with E-state index < -0.39 is 0 Å². The van der Waals surface area contributed by atoms with Crippen molar-refractivity contribution in [1.82, 2.24) is 10.1 Å². The van der Waals surface area contributed by atoms with Crippen molar-refractivity contribution in [2.24, 2.45) is 5.84 Å². The highest BCUT2D eigenvalue weighted by Gasteiger charge is 2.06. The van der Waals surface area contributed by atoms with Gasteiger partial charge in [-0.05, 0) is 19.4 Å². The Bertz CT molecular complexity index is 472. The van der Waals surface area contributed by atoms with Gasteiger partial charge >= 0.3 is 6.01 Å². The van der Waals surface area contributed by atoms with E-state index in [9.17, 15) is 0 Å². The molecule has 0 aliphatic carbocycles. The van der Waals surface area contributed by atoms with Crippen LogP contribution in [0.3, 0.4) is 0 Å². The minimum absolute atomic E-state index is 0.236. The highest BCUT2D eigenvalue weighted by atomic mass is 16.5. The topological polar surface area (TPSA) is 77.0 Å². The summed E-state index contributed by atoms with van der Waals surface area (Å²) in [6.45, 7) is 4.14. The molecule has 5 heteroatoms. The summed E-state index contributed by atoms with van der Waals surface area (Å²) < 4.78 is 4.85. The molecule has 1 aromatic heterocycles. The molecule has 0 radical (unpaired) electrons. The summed E-state index contributed by atoms with van der Waals surface area (Å²) in [6, 6.07) is 6.59. The molecule has 0 fully saturated rings. The van der Waals surface area contributed by atoms with Crippen molar-refractivity contribution in [3.8, 4) is 0 Å². The smallest absolute Gasteiger partial charge is 0.314 e. The van der Waals surface area contributed by atoms with Gasteiger partial charge in [0.05, 0.1) is 0 Å². The van der Waals surface area contributed by atoms with Crippen LogP contribution in [-0.4, -0.2) is 10.1 Å². The number of nitrogens with two attached hydrogens (primary N) is 1. The van der Waals surface area contributed by atoms with Gasteiger partial charge in [-0.15, -0.1) is 0 Å². The molecule has 0 spiro atoms. The average molecular weight is 218 g/mol. The van der Waals surface area contributed by atoms with Gasteiger partial charge in [0, 0.05) is 6.42 Å². The van der Waals surface area contributed by atoms with Crippen LogP contribution < -0.4 is 11.3 Å². The maximum atomic E-state index is 5.16. The van der Waals surface area contributed by atoms with E-state index in [1.54, 1.807) is 0 Å². The molecular formula is C11H14N4O. The number of anilines is 1. The molecule has 0 bridgehead atoms. The van der Waals surface area contributed by atoms with Gasteiger partial charge in [-0.25, -0.2) is 5.84 Å². The Hall–Kier alpha value is -1.88. The summed E-state index contributed by atoms with van der Waals surface area (Å²) in [5.41, 5.74) is 5.95. The minimum Gasteiger partial charge on any atom is -0.314 e. The normalized spacial score (nSPS) is 10.4. The molecule has 2 rings (SSSR count). The largest absolute Gasteiger partial charge is 0.335 e. The zero-order valence-electron chi connectivity index (χ0n) is 9.32. The third kappa shape index (κ3) is 2.38. The second kappa shape index (κ2) is 4.32. The lowest BCUT2D eigenvalue weighted by Gasteiger charge is -2.01. The Labute approximate surface area is 93.6 Å². The number of benzene rings is 1. The van der Waals surface area contributed by atoms with Gasteiger partial charge in [-0.3, -0.25) is 5.43 Å². The summed E-state index contributed by atoms with van der Waals surface area (Å²) >= 11 is 0. The fourth-order valence-corrected chi connectivity index (χ4v) is 1.74. The molecule has 0 saturated heterocycles. The van der Waals surface area contributed by atoms with Crippen molar-refractivity contribution < 1.29 is 4.52 Å². The van der Waals surface area contributed by atoms with Crippen molar-refractivity contribution in [2.45, 2.75) is 20.3 Å². The van der Waals surface area contributed by atoms with Crippen LogP contribution in [0.15, 0.2) is 22.7 Å². The molecule has 5 nitrogen and oxygen atoms in total. The highest BCUT2D eigenvalue weighted by molar-refractivity contribution is 5.30. The summed E-state index contributed by atoms with van der Waals surface area (Å²) in [7, 11) is 0. The second-order valence-corrected chi connectivity index (χ2v) is 3.83. The van der Waals surface area contributed by atoms with Crippen LogP contribution in [0.25, 0.3) is 0 Å². The first kappa shape index (κ1) is 10.6. The average Bonchev–Trinajstić information content (AvgIpc) is 2.64. The van der Waals surface area contributed by atoms with Crippen LogP contribution in [0.1, 0.15) is 22.5 Å². The maximum Gasteiger partial charge on any atom is 0.335 e. The summed E-state index contributed by atoms with van der Waals surface area (Å²) in [6.07, 6.45) is 0.647. The Kier molecular flexibility index (Phi) is 2.87. The standard InChI is InChI=1S/C11H14N4O/c1-7-3-8(2)5-9(4-7)6-10-13-11(14-12)16-15-10/h3-5H,6,12H2,1-2H3,(H,13,14,15). The third-order valence-electron chi connectivity index (χ3n) is 2.24.